The first-order valence-electron chi connectivity index (χ1n) is 7.87. The van der Waals surface area contributed by atoms with Gasteiger partial charge in [0, 0.05) is 19.6 Å². The van der Waals surface area contributed by atoms with Gasteiger partial charge in [0.2, 0.25) is 0 Å². The second-order valence-electron chi connectivity index (χ2n) is 5.79. The molecule has 118 valence electrons. The molecule has 1 aromatic carbocycles. The molecule has 0 unspecified atom stereocenters. The summed E-state index contributed by atoms with van der Waals surface area (Å²) in [6.45, 7) is 4.91. The average Bonchev–Trinajstić information content (AvgIpc) is 2.54. The molecule has 2 rings (SSSR count). The number of nitrogens with one attached hydrogen (secondary N) is 1. The van der Waals surface area contributed by atoms with Crippen molar-refractivity contribution in [3.8, 4) is 18.1 Å². The van der Waals surface area contributed by atoms with E-state index in [-0.39, 0.29) is 12.6 Å². The number of amides is 2. The van der Waals surface area contributed by atoms with Crippen LogP contribution in [0.5, 0.6) is 5.75 Å². The summed E-state index contributed by atoms with van der Waals surface area (Å²) >= 11 is 0. The van der Waals surface area contributed by atoms with Gasteiger partial charge in [0.25, 0.3) is 0 Å². The highest BCUT2D eigenvalue weighted by Crippen LogP contribution is 2.16. The molecule has 1 saturated heterocycles. The van der Waals surface area contributed by atoms with Crippen LogP contribution in [0.4, 0.5) is 4.79 Å². The monoisotopic (exact) mass is 300 g/mol. The highest BCUT2D eigenvalue weighted by atomic mass is 16.5. The van der Waals surface area contributed by atoms with Gasteiger partial charge >= 0.3 is 6.03 Å². The van der Waals surface area contributed by atoms with E-state index in [2.05, 4.69) is 18.2 Å². The molecule has 1 aliphatic rings. The van der Waals surface area contributed by atoms with Crippen molar-refractivity contribution < 1.29 is 9.53 Å². The van der Waals surface area contributed by atoms with Crippen molar-refractivity contribution in [1.29, 1.82) is 0 Å². The lowest BCUT2D eigenvalue weighted by Gasteiger charge is -2.30. The van der Waals surface area contributed by atoms with E-state index in [1.165, 1.54) is 5.56 Å². The Balaban J connectivity index is 1.69. The standard InChI is InChI=1S/C18H24N2O2/c1-3-14-22-17-6-4-16(5-7-17)8-11-19-18(21)20-12-9-15(2)10-13-20/h1,4-7,15H,8-14H2,2H3,(H,19,21). The summed E-state index contributed by atoms with van der Waals surface area (Å²) < 4.78 is 5.33. The highest BCUT2D eigenvalue weighted by Gasteiger charge is 2.19. The zero-order valence-electron chi connectivity index (χ0n) is 13.2. The van der Waals surface area contributed by atoms with Gasteiger partial charge in [0.05, 0.1) is 0 Å². The Kier molecular flexibility index (Phi) is 6.14. The van der Waals surface area contributed by atoms with Crippen molar-refractivity contribution >= 4 is 6.03 Å². The number of piperidine rings is 1. The lowest BCUT2D eigenvalue weighted by atomic mass is 10.00. The van der Waals surface area contributed by atoms with Gasteiger partial charge in [-0.15, -0.1) is 6.42 Å². The SMILES string of the molecule is C#CCOc1ccc(CCNC(=O)N2CCC(C)CC2)cc1. The van der Waals surface area contributed by atoms with E-state index in [4.69, 9.17) is 11.2 Å². The van der Waals surface area contributed by atoms with Crippen LogP contribution in [0.25, 0.3) is 0 Å². The number of rotatable bonds is 5. The van der Waals surface area contributed by atoms with Crippen molar-refractivity contribution in [2.45, 2.75) is 26.2 Å². The molecule has 0 radical (unpaired) electrons. The van der Waals surface area contributed by atoms with Gasteiger partial charge in [-0.2, -0.15) is 0 Å². The molecule has 1 N–H and O–H groups in total. The van der Waals surface area contributed by atoms with Gasteiger partial charge in [-0.3, -0.25) is 0 Å². The average molecular weight is 300 g/mol. The van der Waals surface area contributed by atoms with Gasteiger partial charge in [0.15, 0.2) is 0 Å². The first-order chi connectivity index (χ1) is 10.7. The van der Waals surface area contributed by atoms with Crippen LogP contribution < -0.4 is 10.1 Å². The smallest absolute Gasteiger partial charge is 0.317 e. The molecule has 1 heterocycles. The summed E-state index contributed by atoms with van der Waals surface area (Å²) in [5, 5.41) is 2.99. The number of carbonyl (C=O) groups is 1. The van der Waals surface area contributed by atoms with E-state index in [0.29, 0.717) is 6.54 Å². The first-order valence-corrected chi connectivity index (χ1v) is 7.87. The number of ether oxygens (including phenoxy) is 1. The summed E-state index contributed by atoms with van der Waals surface area (Å²) in [4.78, 5) is 14.0. The maximum Gasteiger partial charge on any atom is 0.317 e. The minimum Gasteiger partial charge on any atom is -0.481 e. The Hall–Kier alpha value is -2.15. The van der Waals surface area contributed by atoms with Crippen molar-refractivity contribution in [1.82, 2.24) is 10.2 Å². The van der Waals surface area contributed by atoms with Gasteiger partial charge in [-0.25, -0.2) is 4.79 Å². The van der Waals surface area contributed by atoms with Crippen molar-refractivity contribution in [3.05, 3.63) is 29.8 Å². The zero-order chi connectivity index (χ0) is 15.8. The summed E-state index contributed by atoms with van der Waals surface area (Å²) in [5.41, 5.74) is 1.17. The third-order valence-electron chi connectivity index (χ3n) is 4.01. The molecule has 0 bridgehead atoms. The van der Waals surface area contributed by atoms with Gasteiger partial charge in [-0.05, 0) is 42.9 Å². The topological polar surface area (TPSA) is 41.6 Å². The molecule has 0 atom stereocenters. The number of hydrogen-bond acceptors (Lipinski definition) is 2. The van der Waals surface area contributed by atoms with Crippen LogP contribution in [0.15, 0.2) is 24.3 Å². The minimum absolute atomic E-state index is 0.0564. The number of terminal acetylenes is 1. The van der Waals surface area contributed by atoms with Crippen molar-refractivity contribution in [2.75, 3.05) is 26.2 Å². The fourth-order valence-electron chi connectivity index (χ4n) is 2.51. The zero-order valence-corrected chi connectivity index (χ0v) is 13.2. The highest BCUT2D eigenvalue weighted by molar-refractivity contribution is 5.74. The van der Waals surface area contributed by atoms with Crippen LogP contribution in [0.1, 0.15) is 25.3 Å². The minimum atomic E-state index is 0.0564. The molecule has 22 heavy (non-hydrogen) atoms. The largest absolute Gasteiger partial charge is 0.481 e. The second-order valence-corrected chi connectivity index (χ2v) is 5.79. The molecule has 1 aromatic rings. The van der Waals surface area contributed by atoms with Gasteiger partial charge in [-0.1, -0.05) is 25.0 Å². The molecule has 0 aromatic heterocycles. The second kappa shape index (κ2) is 8.33. The van der Waals surface area contributed by atoms with Gasteiger partial charge < -0.3 is 15.0 Å². The molecule has 4 nitrogen and oxygen atoms in total. The quantitative estimate of drug-likeness (QED) is 0.850. The fraction of sp³-hybridized carbons (Fsp3) is 0.500. The third-order valence-corrected chi connectivity index (χ3v) is 4.01. The number of benzene rings is 1. The molecular weight excluding hydrogens is 276 g/mol. The molecule has 4 heteroatoms. The lowest BCUT2D eigenvalue weighted by Crippen LogP contribution is -2.44. The van der Waals surface area contributed by atoms with Crippen LogP contribution in [-0.4, -0.2) is 37.2 Å². The Morgan fingerprint density at radius 3 is 2.68 bits per heavy atom. The van der Waals surface area contributed by atoms with E-state index >= 15 is 0 Å². The van der Waals surface area contributed by atoms with Crippen LogP contribution in [0, 0.1) is 18.3 Å². The number of likely N-dealkylation sites (tertiary alicyclic amines) is 1. The lowest BCUT2D eigenvalue weighted by molar-refractivity contribution is 0.174. The van der Waals surface area contributed by atoms with Crippen LogP contribution in [-0.2, 0) is 6.42 Å². The fourth-order valence-corrected chi connectivity index (χ4v) is 2.51. The first kappa shape index (κ1) is 16.2. The molecule has 1 aliphatic heterocycles. The van der Waals surface area contributed by atoms with E-state index < -0.39 is 0 Å². The predicted molar refractivity (Wildman–Crippen MR) is 87.8 cm³/mol. The summed E-state index contributed by atoms with van der Waals surface area (Å²) in [7, 11) is 0. The molecule has 0 saturated carbocycles. The Morgan fingerprint density at radius 1 is 1.36 bits per heavy atom. The molecule has 0 spiro atoms. The van der Waals surface area contributed by atoms with Crippen LogP contribution in [0.3, 0.4) is 0 Å². The normalized spacial score (nSPS) is 15.2. The van der Waals surface area contributed by atoms with Crippen molar-refractivity contribution in [3.63, 3.8) is 0 Å². The van der Waals surface area contributed by atoms with Crippen LogP contribution >= 0.6 is 0 Å². The van der Waals surface area contributed by atoms with Crippen LogP contribution in [0.2, 0.25) is 0 Å². The summed E-state index contributed by atoms with van der Waals surface area (Å²) in [6.07, 6.45) is 8.17. The van der Waals surface area contributed by atoms with E-state index in [1.807, 2.05) is 29.2 Å². The Morgan fingerprint density at radius 2 is 2.05 bits per heavy atom. The number of hydrogen-bond donors (Lipinski definition) is 1. The molecule has 1 fully saturated rings. The van der Waals surface area contributed by atoms with E-state index in [0.717, 1.165) is 44.0 Å². The maximum absolute atomic E-state index is 12.0. The molecule has 2 amide bonds. The number of carbonyl (C=O) groups excluding carboxylic acids is 1. The van der Waals surface area contributed by atoms with E-state index in [1.54, 1.807) is 0 Å². The molecular formula is C18H24N2O2. The van der Waals surface area contributed by atoms with E-state index in [9.17, 15) is 4.79 Å². The van der Waals surface area contributed by atoms with Crippen molar-refractivity contribution in [2.24, 2.45) is 5.92 Å². The van der Waals surface area contributed by atoms with Gasteiger partial charge in [0.1, 0.15) is 12.4 Å². The maximum atomic E-state index is 12.0. The number of urea groups is 1. The predicted octanol–water partition coefficient (Wildman–Crippen LogP) is 2.68. The number of nitrogens with zero attached hydrogens (tertiary/aromatic N) is 1. The Bertz CT molecular complexity index is 511. The molecule has 0 aliphatic carbocycles. The summed E-state index contributed by atoms with van der Waals surface area (Å²) in [5.74, 6) is 3.94. The Labute approximate surface area is 132 Å². The third kappa shape index (κ3) is 5.00. The summed E-state index contributed by atoms with van der Waals surface area (Å²) in [6, 6.07) is 7.86.